The summed E-state index contributed by atoms with van der Waals surface area (Å²) in [5, 5.41) is 19.7. The molecule has 0 aliphatic carbocycles. The zero-order valence-electron chi connectivity index (χ0n) is 9.89. The highest BCUT2D eigenvalue weighted by atomic mass is 16.6. The lowest BCUT2D eigenvalue weighted by molar-refractivity contribution is -0.384. The molecule has 1 heterocycles. The lowest BCUT2D eigenvalue weighted by Gasteiger charge is -2.05. The molecule has 0 unspecified atom stereocenters. The normalized spacial score (nSPS) is 9.80. The fourth-order valence-corrected chi connectivity index (χ4v) is 1.31. The third-order valence-corrected chi connectivity index (χ3v) is 2.17. The summed E-state index contributed by atoms with van der Waals surface area (Å²) in [5.41, 5.74) is 2.14. The van der Waals surface area contributed by atoms with Crippen LogP contribution in [0.3, 0.4) is 0 Å². The SMILES string of the molecule is O=C(Nc1cccc([N+](=O)[O-])c1)C(=O)Nn1cnnc1. The Hall–Kier alpha value is -3.30. The van der Waals surface area contributed by atoms with E-state index >= 15 is 0 Å². The van der Waals surface area contributed by atoms with Gasteiger partial charge in [-0.2, -0.15) is 0 Å². The standard InChI is InChI=1S/C10H8N6O4/c17-9(10(18)14-15-5-11-12-6-15)13-7-2-1-3-8(4-7)16(19)20/h1-6H,(H,13,17)(H,14,18). The summed E-state index contributed by atoms with van der Waals surface area (Å²) in [6, 6.07) is 5.24. The third kappa shape index (κ3) is 3.13. The quantitative estimate of drug-likeness (QED) is 0.457. The second kappa shape index (κ2) is 5.56. The van der Waals surface area contributed by atoms with Gasteiger partial charge >= 0.3 is 11.8 Å². The summed E-state index contributed by atoms with van der Waals surface area (Å²) >= 11 is 0. The molecule has 0 radical (unpaired) electrons. The second-order valence-corrected chi connectivity index (χ2v) is 3.57. The number of rotatable bonds is 3. The van der Waals surface area contributed by atoms with Gasteiger partial charge in [0.05, 0.1) is 4.92 Å². The van der Waals surface area contributed by atoms with E-state index in [1.807, 2.05) is 0 Å². The molecular weight excluding hydrogens is 268 g/mol. The van der Waals surface area contributed by atoms with E-state index in [2.05, 4.69) is 20.9 Å². The van der Waals surface area contributed by atoms with Gasteiger partial charge in [0.15, 0.2) is 0 Å². The summed E-state index contributed by atoms with van der Waals surface area (Å²) in [6.45, 7) is 0. The van der Waals surface area contributed by atoms with E-state index in [1.54, 1.807) is 0 Å². The van der Waals surface area contributed by atoms with Crippen molar-refractivity contribution in [2.24, 2.45) is 0 Å². The highest BCUT2D eigenvalue weighted by molar-refractivity contribution is 6.42. The summed E-state index contributed by atoms with van der Waals surface area (Å²) in [7, 11) is 0. The summed E-state index contributed by atoms with van der Waals surface area (Å²) < 4.78 is 1.09. The minimum Gasteiger partial charge on any atom is -0.317 e. The number of nitrogens with zero attached hydrogens (tertiary/aromatic N) is 4. The maximum absolute atomic E-state index is 11.6. The first-order chi connectivity index (χ1) is 9.56. The van der Waals surface area contributed by atoms with Crippen molar-refractivity contribution in [3.05, 3.63) is 47.0 Å². The van der Waals surface area contributed by atoms with Crippen LogP contribution in [0.25, 0.3) is 0 Å². The molecule has 10 nitrogen and oxygen atoms in total. The molecule has 10 heteroatoms. The van der Waals surface area contributed by atoms with Crippen LogP contribution in [-0.4, -0.2) is 31.6 Å². The first-order valence-electron chi connectivity index (χ1n) is 5.27. The lowest BCUT2D eigenvalue weighted by atomic mass is 10.3. The van der Waals surface area contributed by atoms with E-state index in [-0.39, 0.29) is 11.4 Å². The number of hydrogen-bond acceptors (Lipinski definition) is 6. The molecule has 1 aromatic carbocycles. The average Bonchev–Trinajstić information content (AvgIpc) is 2.91. The van der Waals surface area contributed by atoms with Crippen LogP contribution in [0, 0.1) is 10.1 Å². The molecule has 0 spiro atoms. The number of nitro benzene ring substituents is 1. The molecule has 1 aromatic heterocycles. The first kappa shape index (κ1) is 13.1. The van der Waals surface area contributed by atoms with Crippen molar-refractivity contribution >= 4 is 23.2 Å². The Morgan fingerprint density at radius 3 is 2.55 bits per heavy atom. The number of amides is 2. The van der Waals surface area contributed by atoms with Crippen LogP contribution in [0.2, 0.25) is 0 Å². The Kier molecular flexibility index (Phi) is 3.65. The molecule has 2 amide bonds. The first-order valence-corrected chi connectivity index (χ1v) is 5.27. The van der Waals surface area contributed by atoms with Gasteiger partial charge in [-0.15, -0.1) is 10.2 Å². The van der Waals surface area contributed by atoms with Gasteiger partial charge in [0.1, 0.15) is 12.7 Å². The molecule has 0 aliphatic heterocycles. The lowest BCUT2D eigenvalue weighted by Crippen LogP contribution is -2.33. The molecule has 2 rings (SSSR count). The van der Waals surface area contributed by atoms with Gasteiger partial charge in [-0.25, -0.2) is 4.68 Å². The van der Waals surface area contributed by atoms with Crippen molar-refractivity contribution in [3.8, 4) is 0 Å². The minimum absolute atomic E-state index is 0.142. The predicted octanol–water partition coefficient (Wildman–Crippen LogP) is -0.105. The van der Waals surface area contributed by atoms with E-state index in [9.17, 15) is 19.7 Å². The summed E-state index contributed by atoms with van der Waals surface area (Å²) in [4.78, 5) is 33.0. The number of carbonyl (C=O) groups excluding carboxylic acids is 2. The molecule has 2 N–H and O–H groups in total. The maximum atomic E-state index is 11.6. The van der Waals surface area contributed by atoms with Crippen LogP contribution in [0.4, 0.5) is 11.4 Å². The zero-order chi connectivity index (χ0) is 14.5. The molecule has 2 aromatic rings. The number of hydrogen-bond donors (Lipinski definition) is 2. The topological polar surface area (TPSA) is 132 Å². The molecule has 0 aliphatic rings. The average molecular weight is 276 g/mol. The van der Waals surface area contributed by atoms with Crippen LogP contribution in [0.5, 0.6) is 0 Å². The minimum atomic E-state index is -0.973. The van der Waals surface area contributed by atoms with E-state index in [4.69, 9.17) is 0 Å². The summed E-state index contributed by atoms with van der Waals surface area (Å²) in [5.74, 6) is -1.93. The Morgan fingerprint density at radius 1 is 1.20 bits per heavy atom. The monoisotopic (exact) mass is 276 g/mol. The van der Waals surface area contributed by atoms with Crippen LogP contribution >= 0.6 is 0 Å². The summed E-state index contributed by atoms with van der Waals surface area (Å²) in [6.07, 6.45) is 2.39. The van der Waals surface area contributed by atoms with Crippen LogP contribution in [0.15, 0.2) is 36.9 Å². The molecule has 0 bridgehead atoms. The van der Waals surface area contributed by atoms with Crippen molar-refractivity contribution in [3.63, 3.8) is 0 Å². The number of benzene rings is 1. The maximum Gasteiger partial charge on any atom is 0.328 e. The van der Waals surface area contributed by atoms with Gasteiger partial charge in [-0.05, 0) is 6.07 Å². The Morgan fingerprint density at radius 2 is 1.90 bits per heavy atom. The van der Waals surface area contributed by atoms with E-state index in [0.717, 1.165) is 10.7 Å². The number of nitrogens with one attached hydrogen (secondary N) is 2. The van der Waals surface area contributed by atoms with Gasteiger partial charge in [0.25, 0.3) is 5.69 Å². The fraction of sp³-hybridized carbons (Fsp3) is 0. The number of carbonyl (C=O) groups is 2. The smallest absolute Gasteiger partial charge is 0.317 e. The van der Waals surface area contributed by atoms with Crippen LogP contribution in [-0.2, 0) is 9.59 Å². The van der Waals surface area contributed by atoms with Gasteiger partial charge in [0, 0.05) is 17.8 Å². The van der Waals surface area contributed by atoms with Gasteiger partial charge < -0.3 is 5.32 Å². The second-order valence-electron chi connectivity index (χ2n) is 3.57. The Balaban J connectivity index is 2.02. The highest BCUT2D eigenvalue weighted by Gasteiger charge is 2.15. The van der Waals surface area contributed by atoms with Gasteiger partial charge in [-0.1, -0.05) is 6.07 Å². The number of anilines is 1. The number of nitro groups is 1. The van der Waals surface area contributed by atoms with Crippen molar-refractivity contribution < 1.29 is 14.5 Å². The Bertz CT molecular complexity index is 654. The highest BCUT2D eigenvalue weighted by Crippen LogP contribution is 2.16. The number of aromatic nitrogens is 3. The molecule has 0 fully saturated rings. The van der Waals surface area contributed by atoms with Crippen molar-refractivity contribution in [2.45, 2.75) is 0 Å². The predicted molar refractivity (Wildman–Crippen MR) is 66.1 cm³/mol. The van der Waals surface area contributed by atoms with Crippen LogP contribution in [0.1, 0.15) is 0 Å². The third-order valence-electron chi connectivity index (χ3n) is 2.17. The van der Waals surface area contributed by atoms with Crippen molar-refractivity contribution in [1.82, 2.24) is 14.9 Å². The van der Waals surface area contributed by atoms with E-state index < -0.39 is 16.7 Å². The van der Waals surface area contributed by atoms with Crippen molar-refractivity contribution in [1.29, 1.82) is 0 Å². The van der Waals surface area contributed by atoms with Crippen molar-refractivity contribution in [2.75, 3.05) is 10.7 Å². The van der Waals surface area contributed by atoms with Crippen LogP contribution < -0.4 is 10.7 Å². The van der Waals surface area contributed by atoms with Gasteiger partial charge in [0.2, 0.25) is 0 Å². The van der Waals surface area contributed by atoms with E-state index in [1.165, 1.54) is 30.9 Å². The number of non-ortho nitro benzene ring substituents is 1. The Labute approximate surface area is 111 Å². The van der Waals surface area contributed by atoms with Gasteiger partial charge in [-0.3, -0.25) is 25.1 Å². The molecule has 0 atom stereocenters. The largest absolute Gasteiger partial charge is 0.328 e. The fourth-order valence-electron chi connectivity index (χ4n) is 1.31. The molecular formula is C10H8N6O4. The molecule has 0 saturated heterocycles. The molecule has 102 valence electrons. The molecule has 20 heavy (non-hydrogen) atoms. The molecule has 0 saturated carbocycles. The zero-order valence-corrected chi connectivity index (χ0v) is 9.89. The van der Waals surface area contributed by atoms with E-state index in [0.29, 0.717) is 0 Å².